The number of hydrogen-bond acceptors (Lipinski definition) is 1. The molecule has 2 unspecified atom stereocenters. The van der Waals surface area contributed by atoms with E-state index in [1.54, 1.807) is 0 Å². The Kier molecular flexibility index (Phi) is 2.97. The van der Waals surface area contributed by atoms with Crippen LogP contribution >= 0.6 is 0 Å². The van der Waals surface area contributed by atoms with Gasteiger partial charge < -0.3 is 9.88 Å². The Morgan fingerprint density at radius 2 is 1.95 bits per heavy atom. The van der Waals surface area contributed by atoms with E-state index in [1.807, 2.05) is 0 Å². The van der Waals surface area contributed by atoms with Gasteiger partial charge in [0, 0.05) is 40.6 Å². The number of anilines is 1. The molecule has 0 radical (unpaired) electrons. The molecule has 1 aromatic heterocycles. The third-order valence-electron chi connectivity index (χ3n) is 5.65. The van der Waals surface area contributed by atoms with E-state index in [0.717, 1.165) is 12.8 Å². The van der Waals surface area contributed by atoms with E-state index in [0.29, 0.717) is 12.0 Å². The monoisotopic (exact) mass is 292 g/mol. The summed E-state index contributed by atoms with van der Waals surface area (Å²) in [4.78, 5) is 6.18. The predicted octanol–water partition coefficient (Wildman–Crippen LogP) is 4.90. The molecule has 2 aromatic carbocycles. The SMILES string of the molecule is CCc1cc2c([nH]c3ccccc32)c2c1N(C)C(C)C(C)C2. The van der Waals surface area contributed by atoms with Crippen molar-refractivity contribution in [2.45, 2.75) is 39.7 Å². The summed E-state index contributed by atoms with van der Waals surface area (Å²) in [6, 6.07) is 11.7. The van der Waals surface area contributed by atoms with E-state index in [1.165, 1.54) is 38.6 Å². The molecular weight excluding hydrogens is 268 g/mol. The van der Waals surface area contributed by atoms with Crippen LogP contribution in [0.15, 0.2) is 30.3 Å². The molecule has 0 saturated heterocycles. The molecule has 1 aliphatic rings. The molecule has 1 N–H and O–H groups in total. The fourth-order valence-electron chi connectivity index (χ4n) is 4.09. The van der Waals surface area contributed by atoms with Gasteiger partial charge in [0.05, 0.1) is 5.52 Å². The van der Waals surface area contributed by atoms with Crippen LogP contribution in [0.4, 0.5) is 5.69 Å². The molecule has 0 amide bonds. The smallest absolute Gasteiger partial charge is 0.0518 e. The lowest BCUT2D eigenvalue weighted by Crippen LogP contribution is -2.40. The molecule has 2 heterocycles. The van der Waals surface area contributed by atoms with Crippen molar-refractivity contribution in [1.29, 1.82) is 0 Å². The van der Waals surface area contributed by atoms with Crippen LogP contribution in [-0.4, -0.2) is 18.1 Å². The third kappa shape index (κ3) is 1.73. The second-order valence-electron chi connectivity index (χ2n) is 6.84. The first-order chi connectivity index (χ1) is 10.6. The van der Waals surface area contributed by atoms with E-state index >= 15 is 0 Å². The normalized spacial score (nSPS) is 21.5. The maximum Gasteiger partial charge on any atom is 0.0518 e. The summed E-state index contributed by atoms with van der Waals surface area (Å²) in [6.45, 7) is 6.99. The highest BCUT2D eigenvalue weighted by atomic mass is 15.1. The summed E-state index contributed by atoms with van der Waals surface area (Å²) in [7, 11) is 2.26. The molecule has 2 atom stereocenters. The number of aryl methyl sites for hydroxylation is 1. The average molecular weight is 292 g/mol. The number of aromatic nitrogens is 1. The summed E-state index contributed by atoms with van der Waals surface area (Å²) < 4.78 is 0. The molecule has 0 bridgehead atoms. The summed E-state index contributed by atoms with van der Waals surface area (Å²) >= 11 is 0. The highest BCUT2D eigenvalue weighted by molar-refractivity contribution is 6.10. The number of hydrogen-bond donors (Lipinski definition) is 1. The van der Waals surface area contributed by atoms with Gasteiger partial charge in [-0.2, -0.15) is 0 Å². The number of benzene rings is 2. The van der Waals surface area contributed by atoms with E-state index < -0.39 is 0 Å². The van der Waals surface area contributed by atoms with Gasteiger partial charge in [-0.15, -0.1) is 0 Å². The molecule has 1 aliphatic heterocycles. The third-order valence-corrected chi connectivity index (χ3v) is 5.65. The van der Waals surface area contributed by atoms with Crippen molar-refractivity contribution >= 4 is 27.5 Å². The number of rotatable bonds is 1. The summed E-state index contributed by atoms with van der Waals surface area (Å²) in [5.41, 5.74) is 7.06. The minimum absolute atomic E-state index is 0.597. The number of fused-ring (bicyclic) bond motifs is 5. The number of nitrogens with one attached hydrogen (secondary N) is 1. The lowest BCUT2D eigenvalue weighted by molar-refractivity contribution is 0.444. The molecule has 4 rings (SSSR count). The first-order valence-electron chi connectivity index (χ1n) is 8.39. The topological polar surface area (TPSA) is 19.0 Å². The van der Waals surface area contributed by atoms with Crippen LogP contribution in [0.2, 0.25) is 0 Å². The van der Waals surface area contributed by atoms with Gasteiger partial charge in [-0.1, -0.05) is 32.0 Å². The molecule has 3 aromatic rings. The van der Waals surface area contributed by atoms with Gasteiger partial charge in [-0.3, -0.25) is 0 Å². The second kappa shape index (κ2) is 4.77. The highest BCUT2D eigenvalue weighted by Gasteiger charge is 2.30. The Labute approximate surface area is 132 Å². The Morgan fingerprint density at radius 3 is 2.73 bits per heavy atom. The fourth-order valence-corrected chi connectivity index (χ4v) is 4.09. The summed E-state index contributed by atoms with van der Waals surface area (Å²) in [5.74, 6) is 0.680. The maximum absolute atomic E-state index is 3.69. The molecule has 0 fully saturated rings. The first-order valence-corrected chi connectivity index (χ1v) is 8.39. The lowest BCUT2D eigenvalue weighted by atomic mass is 9.85. The fraction of sp³-hybridized carbons (Fsp3) is 0.400. The van der Waals surface area contributed by atoms with Gasteiger partial charge in [0.1, 0.15) is 0 Å². The molecule has 2 heteroatoms. The maximum atomic E-state index is 3.69. The van der Waals surface area contributed by atoms with E-state index in [-0.39, 0.29) is 0 Å². The zero-order valence-corrected chi connectivity index (χ0v) is 13.9. The van der Waals surface area contributed by atoms with E-state index in [4.69, 9.17) is 0 Å². The van der Waals surface area contributed by atoms with Gasteiger partial charge >= 0.3 is 0 Å². The zero-order valence-electron chi connectivity index (χ0n) is 13.9. The quantitative estimate of drug-likeness (QED) is 0.676. The van der Waals surface area contributed by atoms with Gasteiger partial charge in [0.25, 0.3) is 0 Å². The number of nitrogens with zero attached hydrogens (tertiary/aromatic N) is 1. The highest BCUT2D eigenvalue weighted by Crippen LogP contribution is 2.42. The van der Waals surface area contributed by atoms with Gasteiger partial charge in [-0.25, -0.2) is 0 Å². The van der Waals surface area contributed by atoms with E-state index in [2.05, 4.69) is 68.0 Å². The van der Waals surface area contributed by atoms with Crippen LogP contribution in [-0.2, 0) is 12.8 Å². The summed E-state index contributed by atoms with van der Waals surface area (Å²) in [6.07, 6.45) is 2.25. The van der Waals surface area contributed by atoms with Crippen molar-refractivity contribution in [3.63, 3.8) is 0 Å². The first kappa shape index (κ1) is 13.7. The van der Waals surface area contributed by atoms with Crippen molar-refractivity contribution < 1.29 is 0 Å². The molecule has 0 spiro atoms. The van der Waals surface area contributed by atoms with Crippen LogP contribution in [0.25, 0.3) is 21.8 Å². The van der Waals surface area contributed by atoms with Crippen molar-refractivity contribution in [2.75, 3.05) is 11.9 Å². The number of H-pyrrole nitrogens is 1. The number of aromatic amines is 1. The standard InChI is InChI=1S/C20H24N2/c1-5-14-11-16-15-8-6-7-9-18(15)21-19(16)17-10-12(2)13(3)22(4)20(14)17/h6-9,11-13,21H,5,10H2,1-4H3. The van der Waals surface area contributed by atoms with Gasteiger partial charge in [0.15, 0.2) is 0 Å². The van der Waals surface area contributed by atoms with Crippen molar-refractivity contribution in [1.82, 2.24) is 4.98 Å². The van der Waals surface area contributed by atoms with Crippen LogP contribution < -0.4 is 4.90 Å². The van der Waals surface area contributed by atoms with Crippen LogP contribution in [0.3, 0.4) is 0 Å². The molecule has 0 saturated carbocycles. The molecular formula is C20H24N2. The predicted molar refractivity (Wildman–Crippen MR) is 95.9 cm³/mol. The Hall–Kier alpha value is -1.96. The van der Waals surface area contributed by atoms with Gasteiger partial charge in [0.2, 0.25) is 0 Å². The summed E-state index contributed by atoms with van der Waals surface area (Å²) in [5, 5.41) is 2.74. The molecule has 0 aliphatic carbocycles. The Bertz CT molecular complexity index is 859. The van der Waals surface area contributed by atoms with Gasteiger partial charge in [-0.05, 0) is 43.4 Å². The largest absolute Gasteiger partial charge is 0.371 e. The molecule has 2 nitrogen and oxygen atoms in total. The number of para-hydroxylation sites is 1. The molecule has 114 valence electrons. The lowest BCUT2D eigenvalue weighted by Gasteiger charge is -2.40. The van der Waals surface area contributed by atoms with Crippen molar-refractivity contribution in [2.24, 2.45) is 5.92 Å². The van der Waals surface area contributed by atoms with E-state index in [9.17, 15) is 0 Å². The Balaban J connectivity index is 2.12. The minimum Gasteiger partial charge on any atom is -0.371 e. The molecule has 22 heavy (non-hydrogen) atoms. The second-order valence-corrected chi connectivity index (χ2v) is 6.84. The van der Waals surface area contributed by atoms with Crippen LogP contribution in [0.1, 0.15) is 31.9 Å². The zero-order chi connectivity index (χ0) is 15.4. The van der Waals surface area contributed by atoms with Crippen molar-refractivity contribution in [3.8, 4) is 0 Å². The van der Waals surface area contributed by atoms with Crippen LogP contribution in [0.5, 0.6) is 0 Å². The minimum atomic E-state index is 0.597. The Morgan fingerprint density at radius 1 is 1.18 bits per heavy atom. The van der Waals surface area contributed by atoms with Crippen LogP contribution in [0, 0.1) is 5.92 Å². The average Bonchev–Trinajstić information content (AvgIpc) is 2.90. The van der Waals surface area contributed by atoms with Crippen molar-refractivity contribution in [3.05, 3.63) is 41.5 Å².